The smallest absolute Gasteiger partial charge is 0.359 e. The number of nitrogens with zero attached hydrogens (tertiary/aromatic N) is 3. The van der Waals surface area contributed by atoms with Crippen LogP contribution in [0.4, 0.5) is 0 Å². The van der Waals surface area contributed by atoms with Crippen LogP contribution in [0.1, 0.15) is 36.8 Å². The maximum absolute atomic E-state index is 12.9. The van der Waals surface area contributed by atoms with Gasteiger partial charge in [0.25, 0.3) is 0 Å². The van der Waals surface area contributed by atoms with E-state index in [0.717, 1.165) is 5.56 Å². The zero-order chi connectivity index (χ0) is 22.1. The van der Waals surface area contributed by atoms with E-state index < -0.39 is 11.6 Å². The van der Waals surface area contributed by atoms with Crippen LogP contribution in [0.5, 0.6) is 0 Å². The average Bonchev–Trinajstić information content (AvgIpc) is 3.00. The standard InChI is InChI=1S/C22H18Cl3N3O2/c1-22(2,3)30-21(29)19-16(10-11-26)20(13-4-6-14(23)7-5-13)28(27-19)18-9-8-15(24)12-17(18)25/h4-9,12H,10H2,1-3H3. The molecule has 3 aromatic rings. The second kappa shape index (κ2) is 8.69. The summed E-state index contributed by atoms with van der Waals surface area (Å²) in [7, 11) is 0. The van der Waals surface area contributed by atoms with E-state index in [1.54, 1.807) is 63.2 Å². The van der Waals surface area contributed by atoms with Crippen LogP contribution in [0.3, 0.4) is 0 Å². The van der Waals surface area contributed by atoms with Gasteiger partial charge in [0.1, 0.15) is 5.60 Å². The number of carbonyl (C=O) groups is 1. The average molecular weight is 463 g/mol. The monoisotopic (exact) mass is 461 g/mol. The van der Waals surface area contributed by atoms with Gasteiger partial charge in [0.15, 0.2) is 5.69 Å². The van der Waals surface area contributed by atoms with Crippen molar-refractivity contribution in [1.29, 1.82) is 5.26 Å². The first-order valence-corrected chi connectivity index (χ1v) is 10.2. The molecule has 30 heavy (non-hydrogen) atoms. The number of ether oxygens (including phenoxy) is 1. The van der Waals surface area contributed by atoms with Gasteiger partial charge >= 0.3 is 5.97 Å². The molecule has 0 atom stereocenters. The highest BCUT2D eigenvalue weighted by Gasteiger charge is 2.29. The van der Waals surface area contributed by atoms with E-state index in [2.05, 4.69) is 11.2 Å². The summed E-state index contributed by atoms with van der Waals surface area (Å²) in [6.45, 7) is 5.30. The van der Waals surface area contributed by atoms with Crippen molar-refractivity contribution >= 4 is 40.8 Å². The molecule has 0 fully saturated rings. The zero-order valence-corrected chi connectivity index (χ0v) is 18.8. The number of rotatable bonds is 4. The SMILES string of the molecule is CC(C)(C)OC(=O)c1nn(-c2ccc(Cl)cc2Cl)c(-c2ccc(Cl)cc2)c1CC#N. The van der Waals surface area contributed by atoms with E-state index in [1.165, 1.54) is 4.68 Å². The lowest BCUT2D eigenvalue weighted by molar-refractivity contribution is 0.00614. The van der Waals surface area contributed by atoms with E-state index in [0.29, 0.717) is 32.0 Å². The molecule has 0 aliphatic carbocycles. The van der Waals surface area contributed by atoms with Gasteiger partial charge in [-0.1, -0.05) is 46.9 Å². The molecule has 1 aromatic heterocycles. The van der Waals surface area contributed by atoms with Gasteiger partial charge in [0, 0.05) is 21.2 Å². The highest BCUT2D eigenvalue weighted by atomic mass is 35.5. The Labute approximate surface area is 189 Å². The third-order valence-corrected chi connectivity index (χ3v) is 4.88. The predicted octanol–water partition coefficient (Wildman–Crippen LogP) is 6.52. The van der Waals surface area contributed by atoms with Gasteiger partial charge in [-0.15, -0.1) is 0 Å². The molecule has 3 rings (SSSR count). The van der Waals surface area contributed by atoms with Crippen molar-refractivity contribution in [3.63, 3.8) is 0 Å². The third-order valence-electron chi connectivity index (χ3n) is 4.09. The van der Waals surface area contributed by atoms with Crippen molar-refractivity contribution in [3.8, 4) is 23.0 Å². The molecule has 0 amide bonds. The Morgan fingerprint density at radius 1 is 1.10 bits per heavy atom. The van der Waals surface area contributed by atoms with Crippen LogP contribution >= 0.6 is 34.8 Å². The number of hydrogen-bond acceptors (Lipinski definition) is 4. The Morgan fingerprint density at radius 3 is 2.30 bits per heavy atom. The number of esters is 1. The molecule has 0 saturated heterocycles. The highest BCUT2D eigenvalue weighted by molar-refractivity contribution is 6.35. The fourth-order valence-corrected chi connectivity index (χ4v) is 3.53. The van der Waals surface area contributed by atoms with Crippen LogP contribution in [-0.2, 0) is 11.2 Å². The van der Waals surface area contributed by atoms with Crippen molar-refractivity contribution in [2.45, 2.75) is 32.8 Å². The summed E-state index contributed by atoms with van der Waals surface area (Å²) in [5.74, 6) is -0.619. The molecular formula is C22H18Cl3N3O2. The van der Waals surface area contributed by atoms with Gasteiger partial charge in [0.05, 0.1) is 28.9 Å². The summed E-state index contributed by atoms with van der Waals surface area (Å²) < 4.78 is 7.06. The number of carbonyl (C=O) groups excluding carboxylic acids is 1. The Morgan fingerprint density at radius 2 is 1.73 bits per heavy atom. The fraction of sp³-hybridized carbons (Fsp3) is 0.227. The molecule has 1 heterocycles. The van der Waals surface area contributed by atoms with E-state index in [9.17, 15) is 10.1 Å². The third kappa shape index (κ3) is 4.79. The van der Waals surface area contributed by atoms with E-state index in [-0.39, 0.29) is 12.1 Å². The van der Waals surface area contributed by atoms with Gasteiger partial charge in [-0.2, -0.15) is 10.4 Å². The largest absolute Gasteiger partial charge is 0.455 e. The van der Waals surface area contributed by atoms with Crippen LogP contribution in [0.25, 0.3) is 16.9 Å². The van der Waals surface area contributed by atoms with Gasteiger partial charge in [-0.05, 0) is 51.1 Å². The Kier molecular flexibility index (Phi) is 6.42. The van der Waals surface area contributed by atoms with Crippen molar-refractivity contribution in [1.82, 2.24) is 9.78 Å². The van der Waals surface area contributed by atoms with E-state index in [4.69, 9.17) is 39.5 Å². The highest BCUT2D eigenvalue weighted by Crippen LogP contribution is 2.34. The molecule has 0 aliphatic rings. The minimum absolute atomic E-state index is 0.0439. The number of benzene rings is 2. The minimum atomic E-state index is -0.719. The molecule has 0 unspecified atom stereocenters. The molecule has 0 radical (unpaired) electrons. The molecule has 2 aromatic carbocycles. The summed E-state index contributed by atoms with van der Waals surface area (Å²) in [5, 5.41) is 15.3. The second-order valence-corrected chi connectivity index (χ2v) is 8.81. The maximum Gasteiger partial charge on any atom is 0.359 e. The molecule has 8 heteroatoms. The molecule has 0 spiro atoms. The number of nitriles is 1. The quantitative estimate of drug-likeness (QED) is 0.414. The van der Waals surface area contributed by atoms with Crippen molar-refractivity contribution in [2.75, 3.05) is 0 Å². The lowest BCUT2D eigenvalue weighted by Gasteiger charge is -2.18. The van der Waals surface area contributed by atoms with Gasteiger partial charge < -0.3 is 4.74 Å². The van der Waals surface area contributed by atoms with Gasteiger partial charge in [-0.3, -0.25) is 0 Å². The van der Waals surface area contributed by atoms with Crippen LogP contribution in [0, 0.1) is 11.3 Å². The first kappa shape index (κ1) is 22.2. The molecule has 0 bridgehead atoms. The van der Waals surface area contributed by atoms with Crippen molar-refractivity contribution < 1.29 is 9.53 Å². The molecular weight excluding hydrogens is 445 g/mol. The fourth-order valence-electron chi connectivity index (χ4n) is 2.92. The van der Waals surface area contributed by atoms with Crippen LogP contribution < -0.4 is 0 Å². The van der Waals surface area contributed by atoms with Crippen LogP contribution in [-0.4, -0.2) is 21.4 Å². The summed E-state index contributed by atoms with van der Waals surface area (Å²) >= 11 is 18.5. The topological polar surface area (TPSA) is 67.9 Å². The Hall–Kier alpha value is -2.52. The second-order valence-electron chi connectivity index (χ2n) is 7.53. The summed E-state index contributed by atoms with van der Waals surface area (Å²) in [5.41, 5.74) is 1.57. The number of hydrogen-bond donors (Lipinski definition) is 0. The lowest BCUT2D eigenvalue weighted by Crippen LogP contribution is -2.24. The van der Waals surface area contributed by atoms with Crippen molar-refractivity contribution in [3.05, 3.63) is 68.8 Å². The first-order chi connectivity index (χ1) is 14.1. The normalized spacial score (nSPS) is 11.2. The molecule has 5 nitrogen and oxygen atoms in total. The number of halogens is 3. The number of aromatic nitrogens is 2. The summed E-state index contributed by atoms with van der Waals surface area (Å²) in [6.07, 6.45) is -0.0439. The Bertz CT molecular complexity index is 1140. The minimum Gasteiger partial charge on any atom is -0.455 e. The summed E-state index contributed by atoms with van der Waals surface area (Å²) in [6, 6.07) is 14.1. The van der Waals surface area contributed by atoms with Gasteiger partial charge in [0.2, 0.25) is 0 Å². The van der Waals surface area contributed by atoms with Crippen LogP contribution in [0.15, 0.2) is 42.5 Å². The van der Waals surface area contributed by atoms with Gasteiger partial charge in [-0.25, -0.2) is 9.48 Å². The zero-order valence-electron chi connectivity index (χ0n) is 16.5. The molecule has 0 N–H and O–H groups in total. The van der Waals surface area contributed by atoms with E-state index >= 15 is 0 Å². The predicted molar refractivity (Wildman–Crippen MR) is 119 cm³/mol. The lowest BCUT2D eigenvalue weighted by atomic mass is 10.0. The maximum atomic E-state index is 12.9. The Balaban J connectivity index is 2.31. The van der Waals surface area contributed by atoms with Crippen LogP contribution in [0.2, 0.25) is 15.1 Å². The van der Waals surface area contributed by atoms with Crippen molar-refractivity contribution in [2.24, 2.45) is 0 Å². The van der Waals surface area contributed by atoms with E-state index in [1.807, 2.05) is 0 Å². The molecule has 0 aliphatic heterocycles. The summed E-state index contributed by atoms with van der Waals surface area (Å²) in [4.78, 5) is 12.9. The molecule has 154 valence electrons. The first-order valence-electron chi connectivity index (χ1n) is 9.04. The molecule has 0 saturated carbocycles.